The molecule has 0 spiro atoms. The summed E-state index contributed by atoms with van der Waals surface area (Å²) < 4.78 is 1.18. The number of fused-ring (bicyclic) bond motifs is 1. The van der Waals surface area contributed by atoms with Gasteiger partial charge in [0.2, 0.25) is 0 Å². The van der Waals surface area contributed by atoms with Crippen LogP contribution in [-0.2, 0) is 0 Å². The first-order chi connectivity index (χ1) is 7.74. The molecule has 0 bridgehead atoms. The summed E-state index contributed by atoms with van der Waals surface area (Å²) in [4.78, 5) is 0. The van der Waals surface area contributed by atoms with Gasteiger partial charge in [0.15, 0.2) is 0 Å². The standard InChI is InChI=1S/C15H13Br/c1-3-4-7-12-10-13-8-5-6-9-14(13)15(16)11(12)2/h3-10H,1H2,2H3/b7-4-. The van der Waals surface area contributed by atoms with Crippen molar-refractivity contribution in [2.75, 3.05) is 0 Å². The van der Waals surface area contributed by atoms with Crippen molar-refractivity contribution in [3.63, 3.8) is 0 Å². The molecule has 0 nitrogen and oxygen atoms in total. The van der Waals surface area contributed by atoms with Crippen LogP contribution in [0.1, 0.15) is 11.1 Å². The second-order valence-electron chi connectivity index (χ2n) is 3.72. The minimum atomic E-state index is 1.18. The van der Waals surface area contributed by atoms with E-state index in [0.29, 0.717) is 0 Å². The van der Waals surface area contributed by atoms with Gasteiger partial charge in [0.25, 0.3) is 0 Å². The Morgan fingerprint density at radius 1 is 1.25 bits per heavy atom. The molecule has 0 unspecified atom stereocenters. The van der Waals surface area contributed by atoms with Gasteiger partial charge in [0.1, 0.15) is 0 Å². The van der Waals surface area contributed by atoms with E-state index in [-0.39, 0.29) is 0 Å². The smallest absolute Gasteiger partial charge is 0.0288 e. The first-order valence-corrected chi connectivity index (χ1v) is 6.00. The van der Waals surface area contributed by atoms with E-state index in [1.165, 1.54) is 26.4 Å². The Bertz CT molecular complexity index is 565. The molecular formula is C15H13Br. The van der Waals surface area contributed by atoms with Crippen molar-refractivity contribution < 1.29 is 0 Å². The Balaban J connectivity index is 2.73. The van der Waals surface area contributed by atoms with Crippen LogP contribution in [0.3, 0.4) is 0 Å². The molecule has 2 aromatic rings. The number of benzene rings is 2. The summed E-state index contributed by atoms with van der Waals surface area (Å²) in [7, 11) is 0. The first kappa shape index (κ1) is 11.2. The highest BCUT2D eigenvalue weighted by atomic mass is 79.9. The molecule has 80 valence electrons. The van der Waals surface area contributed by atoms with Crippen molar-refractivity contribution in [2.24, 2.45) is 0 Å². The Morgan fingerprint density at radius 3 is 2.75 bits per heavy atom. The maximum atomic E-state index is 3.69. The van der Waals surface area contributed by atoms with Gasteiger partial charge >= 0.3 is 0 Å². The number of hydrogen-bond acceptors (Lipinski definition) is 0. The average molecular weight is 273 g/mol. The Labute approximate surface area is 104 Å². The average Bonchev–Trinajstić information content (AvgIpc) is 2.32. The summed E-state index contributed by atoms with van der Waals surface area (Å²) in [5.41, 5.74) is 2.49. The topological polar surface area (TPSA) is 0 Å². The molecule has 16 heavy (non-hydrogen) atoms. The van der Waals surface area contributed by atoms with Gasteiger partial charge in [-0.3, -0.25) is 0 Å². The summed E-state index contributed by atoms with van der Waals surface area (Å²) in [6.07, 6.45) is 5.84. The van der Waals surface area contributed by atoms with Gasteiger partial charge in [0.05, 0.1) is 0 Å². The number of hydrogen-bond donors (Lipinski definition) is 0. The highest BCUT2D eigenvalue weighted by molar-refractivity contribution is 9.10. The molecule has 0 aliphatic carbocycles. The highest BCUT2D eigenvalue weighted by Gasteiger charge is 2.05. The van der Waals surface area contributed by atoms with Crippen molar-refractivity contribution in [2.45, 2.75) is 6.92 Å². The quantitative estimate of drug-likeness (QED) is 0.667. The molecule has 0 radical (unpaired) electrons. The molecule has 0 fully saturated rings. The lowest BCUT2D eigenvalue weighted by Gasteiger charge is -2.08. The molecule has 2 aromatic carbocycles. The zero-order chi connectivity index (χ0) is 11.5. The third kappa shape index (κ3) is 1.96. The molecule has 0 N–H and O–H groups in total. The third-order valence-corrected chi connectivity index (χ3v) is 3.70. The lowest BCUT2D eigenvalue weighted by molar-refractivity contribution is 1.44. The van der Waals surface area contributed by atoms with Crippen molar-refractivity contribution in [3.05, 3.63) is 64.7 Å². The van der Waals surface area contributed by atoms with Gasteiger partial charge in [0, 0.05) is 4.47 Å². The van der Waals surface area contributed by atoms with Crippen molar-refractivity contribution in [1.82, 2.24) is 0 Å². The molecule has 0 amide bonds. The fourth-order valence-corrected chi connectivity index (χ4v) is 2.36. The van der Waals surface area contributed by atoms with Crippen LogP contribution in [0.4, 0.5) is 0 Å². The van der Waals surface area contributed by atoms with Gasteiger partial charge in [-0.2, -0.15) is 0 Å². The minimum Gasteiger partial charge on any atom is -0.0991 e. The molecule has 0 atom stereocenters. The monoisotopic (exact) mass is 272 g/mol. The molecule has 0 aliphatic rings. The van der Waals surface area contributed by atoms with Crippen LogP contribution in [0, 0.1) is 6.92 Å². The fourth-order valence-electron chi connectivity index (χ4n) is 1.77. The third-order valence-electron chi connectivity index (χ3n) is 2.68. The van der Waals surface area contributed by atoms with Crippen LogP contribution in [0.15, 0.2) is 53.5 Å². The lowest BCUT2D eigenvalue weighted by atomic mass is 10.0. The zero-order valence-electron chi connectivity index (χ0n) is 9.20. The predicted molar refractivity (Wildman–Crippen MR) is 75.6 cm³/mol. The van der Waals surface area contributed by atoms with Crippen LogP contribution in [0.25, 0.3) is 16.8 Å². The second-order valence-corrected chi connectivity index (χ2v) is 4.51. The highest BCUT2D eigenvalue weighted by Crippen LogP contribution is 2.30. The van der Waals surface area contributed by atoms with E-state index in [0.717, 1.165) is 0 Å². The second kappa shape index (κ2) is 4.67. The SMILES string of the molecule is C=C/C=C\c1cc2ccccc2c(Br)c1C. The van der Waals surface area contributed by atoms with Gasteiger partial charge < -0.3 is 0 Å². The molecule has 0 heterocycles. The maximum absolute atomic E-state index is 3.69. The van der Waals surface area contributed by atoms with Gasteiger partial charge in [-0.05, 0) is 50.8 Å². The Kier molecular flexibility index (Phi) is 3.25. The minimum absolute atomic E-state index is 1.18. The van der Waals surface area contributed by atoms with Gasteiger partial charge in [-0.15, -0.1) is 0 Å². The summed E-state index contributed by atoms with van der Waals surface area (Å²) >= 11 is 3.66. The number of rotatable bonds is 2. The van der Waals surface area contributed by atoms with Crippen molar-refractivity contribution >= 4 is 32.8 Å². The molecule has 1 heteroatoms. The van der Waals surface area contributed by atoms with Crippen LogP contribution >= 0.6 is 15.9 Å². The fraction of sp³-hybridized carbons (Fsp3) is 0.0667. The van der Waals surface area contributed by atoms with E-state index < -0.39 is 0 Å². The van der Waals surface area contributed by atoms with E-state index >= 15 is 0 Å². The molecular weight excluding hydrogens is 260 g/mol. The molecule has 2 rings (SSSR count). The maximum Gasteiger partial charge on any atom is 0.0288 e. The van der Waals surface area contributed by atoms with Crippen LogP contribution in [-0.4, -0.2) is 0 Å². The lowest BCUT2D eigenvalue weighted by Crippen LogP contribution is -1.85. The van der Waals surface area contributed by atoms with E-state index in [4.69, 9.17) is 0 Å². The van der Waals surface area contributed by atoms with Gasteiger partial charge in [-0.1, -0.05) is 49.1 Å². The summed E-state index contributed by atoms with van der Waals surface area (Å²) in [5, 5.41) is 2.51. The normalized spacial score (nSPS) is 11.1. The Morgan fingerprint density at radius 2 is 2.00 bits per heavy atom. The summed E-state index contributed by atoms with van der Waals surface area (Å²) in [5.74, 6) is 0. The number of halogens is 1. The van der Waals surface area contributed by atoms with E-state index in [1.807, 2.05) is 6.08 Å². The Hall–Kier alpha value is -1.34. The predicted octanol–water partition coefficient (Wildman–Crippen LogP) is 5.11. The van der Waals surface area contributed by atoms with E-state index in [9.17, 15) is 0 Å². The molecule has 0 saturated heterocycles. The van der Waals surface area contributed by atoms with Crippen LogP contribution in [0.5, 0.6) is 0 Å². The summed E-state index contributed by atoms with van der Waals surface area (Å²) in [6.45, 7) is 5.82. The molecule has 0 aromatic heterocycles. The van der Waals surface area contributed by atoms with E-state index in [2.05, 4.69) is 65.8 Å². The molecule has 0 aliphatic heterocycles. The van der Waals surface area contributed by atoms with Crippen LogP contribution < -0.4 is 0 Å². The zero-order valence-corrected chi connectivity index (χ0v) is 10.8. The van der Waals surface area contributed by atoms with Gasteiger partial charge in [-0.25, -0.2) is 0 Å². The van der Waals surface area contributed by atoms with E-state index in [1.54, 1.807) is 6.08 Å². The van der Waals surface area contributed by atoms with Crippen molar-refractivity contribution in [1.29, 1.82) is 0 Å². The van der Waals surface area contributed by atoms with Crippen molar-refractivity contribution in [3.8, 4) is 0 Å². The summed E-state index contributed by atoms with van der Waals surface area (Å²) in [6, 6.07) is 10.6. The molecule has 0 saturated carbocycles. The van der Waals surface area contributed by atoms with Crippen LogP contribution in [0.2, 0.25) is 0 Å². The number of allylic oxidation sites excluding steroid dienone is 2. The first-order valence-electron chi connectivity index (χ1n) is 5.21. The largest absolute Gasteiger partial charge is 0.0991 e.